The Morgan fingerprint density at radius 1 is 0.556 bits per heavy atom. The second kappa shape index (κ2) is 9.19. The lowest BCUT2D eigenvalue weighted by Gasteiger charge is -2.39. The summed E-state index contributed by atoms with van der Waals surface area (Å²) >= 11 is 0. The molecule has 0 unspecified atom stereocenters. The van der Waals surface area contributed by atoms with Crippen LogP contribution >= 0.6 is 0 Å². The van der Waals surface area contributed by atoms with Crippen molar-refractivity contribution in [2.75, 3.05) is 33.0 Å². The third-order valence-corrected chi connectivity index (χ3v) is 12.7. The summed E-state index contributed by atoms with van der Waals surface area (Å²) in [5.41, 5.74) is 0. The normalized spacial score (nSPS) is 13.0. The molecule has 7 heteroatoms. The summed E-state index contributed by atoms with van der Waals surface area (Å²) in [5, 5.41) is 0. The van der Waals surface area contributed by atoms with Crippen molar-refractivity contribution in [1.29, 1.82) is 0 Å². The fourth-order valence-electron chi connectivity index (χ4n) is 1.86. The Hall–Kier alpha value is 0.234. The molecule has 110 valence electrons. The van der Waals surface area contributed by atoms with Gasteiger partial charge in [0.15, 0.2) is 0 Å². The van der Waals surface area contributed by atoms with Crippen LogP contribution in [0.3, 0.4) is 0 Å². The topological polar surface area (TPSA) is 46.2 Å². The molecular formula is C11H28O5Si2. The van der Waals surface area contributed by atoms with Gasteiger partial charge in [-0.3, -0.25) is 0 Å². The first-order chi connectivity index (χ1) is 8.55. The lowest BCUT2D eigenvalue weighted by molar-refractivity contribution is 0.0652. The van der Waals surface area contributed by atoms with E-state index in [1.54, 1.807) is 0 Å². The first kappa shape index (κ1) is 18.2. The fourth-order valence-corrected chi connectivity index (χ4v) is 11.2. The lowest BCUT2D eigenvalue weighted by atomic mass is 10.9. The maximum absolute atomic E-state index is 5.90. The summed E-state index contributed by atoms with van der Waals surface area (Å²) in [5.74, 6) is 0. The Morgan fingerprint density at radius 2 is 0.833 bits per heavy atom. The molecule has 0 spiro atoms. The van der Waals surface area contributed by atoms with Crippen molar-refractivity contribution in [3.05, 3.63) is 0 Å². The van der Waals surface area contributed by atoms with Crippen molar-refractivity contribution in [2.24, 2.45) is 0 Å². The predicted molar refractivity (Wildman–Crippen MR) is 75.5 cm³/mol. The third kappa shape index (κ3) is 4.41. The van der Waals surface area contributed by atoms with E-state index in [0.717, 1.165) is 0 Å². The highest BCUT2D eigenvalue weighted by Gasteiger charge is 2.65. The van der Waals surface area contributed by atoms with Gasteiger partial charge >= 0.3 is 16.4 Å². The van der Waals surface area contributed by atoms with E-state index in [1.165, 1.54) is 0 Å². The molecule has 5 nitrogen and oxygen atoms in total. The monoisotopic (exact) mass is 296 g/mol. The Bertz CT molecular complexity index is 193. The highest BCUT2D eigenvalue weighted by Crippen LogP contribution is 2.26. The SMILES string of the molecule is CCO[Si](C)(OCC)[Si](OCC)(OCC)OCC. The second-order valence-electron chi connectivity index (χ2n) is 3.67. The van der Waals surface area contributed by atoms with E-state index in [2.05, 4.69) is 0 Å². The molecule has 0 aromatic carbocycles. The van der Waals surface area contributed by atoms with Gasteiger partial charge in [-0.25, -0.2) is 0 Å². The van der Waals surface area contributed by atoms with E-state index >= 15 is 0 Å². The first-order valence-corrected chi connectivity index (χ1v) is 11.8. The molecule has 0 N–H and O–H groups in total. The summed E-state index contributed by atoms with van der Waals surface area (Å²) in [6, 6.07) is 0. The minimum Gasteiger partial charge on any atom is -0.392 e. The fraction of sp³-hybridized carbons (Fsp3) is 1.00. The van der Waals surface area contributed by atoms with E-state index in [9.17, 15) is 0 Å². The van der Waals surface area contributed by atoms with Gasteiger partial charge in [-0.1, -0.05) is 0 Å². The largest absolute Gasteiger partial charge is 0.539 e. The minimum absolute atomic E-state index is 0.537. The molecule has 0 aromatic rings. The van der Waals surface area contributed by atoms with Crippen LogP contribution in [0, 0.1) is 0 Å². The van der Waals surface area contributed by atoms with Crippen LogP contribution in [0.25, 0.3) is 0 Å². The van der Waals surface area contributed by atoms with Gasteiger partial charge in [0.2, 0.25) is 0 Å². The predicted octanol–water partition coefficient (Wildman–Crippen LogP) is 2.26. The van der Waals surface area contributed by atoms with Crippen LogP contribution in [-0.4, -0.2) is 49.4 Å². The van der Waals surface area contributed by atoms with Gasteiger partial charge in [-0.05, 0) is 41.2 Å². The quantitative estimate of drug-likeness (QED) is 0.547. The number of hydrogen-bond acceptors (Lipinski definition) is 5. The molecular weight excluding hydrogens is 268 g/mol. The van der Waals surface area contributed by atoms with Crippen LogP contribution < -0.4 is 0 Å². The van der Waals surface area contributed by atoms with Crippen LogP contribution in [-0.2, 0) is 22.1 Å². The average molecular weight is 297 g/mol. The van der Waals surface area contributed by atoms with Gasteiger partial charge in [0.25, 0.3) is 0 Å². The second-order valence-corrected chi connectivity index (χ2v) is 12.7. The molecule has 0 rings (SSSR count). The molecule has 0 aliphatic heterocycles. The highest BCUT2D eigenvalue weighted by atomic mass is 29.3. The van der Waals surface area contributed by atoms with Gasteiger partial charge in [0, 0.05) is 33.0 Å². The first-order valence-electron chi connectivity index (χ1n) is 6.75. The summed E-state index contributed by atoms with van der Waals surface area (Å²) in [4.78, 5) is 0. The molecule has 0 aliphatic rings. The maximum atomic E-state index is 5.90. The van der Waals surface area contributed by atoms with Crippen molar-refractivity contribution >= 4 is 16.4 Å². The molecule has 18 heavy (non-hydrogen) atoms. The van der Waals surface area contributed by atoms with Crippen LogP contribution in [0.1, 0.15) is 34.6 Å². The highest BCUT2D eigenvalue weighted by molar-refractivity contribution is 7.28. The van der Waals surface area contributed by atoms with Crippen LogP contribution in [0.5, 0.6) is 0 Å². The van der Waals surface area contributed by atoms with Gasteiger partial charge in [-0.15, -0.1) is 0 Å². The molecule has 0 aromatic heterocycles. The van der Waals surface area contributed by atoms with Crippen molar-refractivity contribution in [3.63, 3.8) is 0 Å². The van der Waals surface area contributed by atoms with E-state index in [-0.39, 0.29) is 0 Å². The standard InChI is InChI=1S/C11H28O5Si2/c1-7-12-17(6,13-8-2)18(14-9-3,15-10-4)16-11-5/h7-11H2,1-6H3. The van der Waals surface area contributed by atoms with Crippen molar-refractivity contribution in [2.45, 2.75) is 41.2 Å². The molecule has 0 atom stereocenters. The van der Waals surface area contributed by atoms with Crippen LogP contribution in [0.2, 0.25) is 6.55 Å². The van der Waals surface area contributed by atoms with Crippen molar-refractivity contribution in [3.8, 4) is 0 Å². The smallest absolute Gasteiger partial charge is 0.392 e. The molecule has 0 amide bonds. The van der Waals surface area contributed by atoms with Crippen LogP contribution in [0.15, 0.2) is 0 Å². The average Bonchev–Trinajstić information content (AvgIpc) is 2.30. The summed E-state index contributed by atoms with van der Waals surface area (Å²) < 4.78 is 29.5. The number of hydrogen-bond donors (Lipinski definition) is 0. The molecule has 0 heterocycles. The zero-order valence-electron chi connectivity index (χ0n) is 12.6. The molecule has 0 fully saturated rings. The molecule has 0 saturated heterocycles. The zero-order chi connectivity index (χ0) is 14.1. The van der Waals surface area contributed by atoms with E-state index < -0.39 is 16.4 Å². The van der Waals surface area contributed by atoms with Gasteiger partial charge < -0.3 is 22.1 Å². The summed E-state index contributed by atoms with van der Waals surface area (Å²) in [6.07, 6.45) is 0. The molecule has 0 bridgehead atoms. The van der Waals surface area contributed by atoms with Gasteiger partial charge in [-0.2, -0.15) is 0 Å². The Kier molecular flexibility index (Phi) is 9.31. The Labute approximate surface area is 113 Å². The van der Waals surface area contributed by atoms with Crippen LogP contribution in [0.4, 0.5) is 0 Å². The summed E-state index contributed by atoms with van der Waals surface area (Å²) in [7, 11) is -5.52. The third-order valence-electron chi connectivity index (χ3n) is 2.40. The Balaban J connectivity index is 5.26. The molecule has 0 aliphatic carbocycles. The van der Waals surface area contributed by atoms with E-state index in [1.807, 2.05) is 41.2 Å². The van der Waals surface area contributed by atoms with E-state index in [4.69, 9.17) is 22.1 Å². The summed E-state index contributed by atoms with van der Waals surface area (Å²) in [6.45, 7) is 14.5. The van der Waals surface area contributed by atoms with Crippen molar-refractivity contribution in [1.82, 2.24) is 0 Å². The van der Waals surface area contributed by atoms with E-state index in [0.29, 0.717) is 33.0 Å². The van der Waals surface area contributed by atoms with Gasteiger partial charge in [0.05, 0.1) is 0 Å². The van der Waals surface area contributed by atoms with Crippen molar-refractivity contribution < 1.29 is 22.1 Å². The molecule has 0 radical (unpaired) electrons. The molecule has 0 saturated carbocycles. The Morgan fingerprint density at radius 3 is 1.06 bits per heavy atom. The van der Waals surface area contributed by atoms with Gasteiger partial charge in [0.1, 0.15) is 0 Å². The maximum Gasteiger partial charge on any atom is 0.539 e. The zero-order valence-corrected chi connectivity index (χ0v) is 14.6. The number of rotatable bonds is 11. The minimum atomic E-state index is -2.90. The lowest BCUT2D eigenvalue weighted by Crippen LogP contribution is -2.70.